The number of halogens is 1. The highest BCUT2D eigenvalue weighted by Gasteiger charge is 2.34. The predicted molar refractivity (Wildman–Crippen MR) is 107 cm³/mol. The number of amides is 1. The first-order chi connectivity index (χ1) is 14.5. The number of rotatable bonds is 8. The van der Waals surface area contributed by atoms with E-state index in [9.17, 15) is 14.9 Å². The summed E-state index contributed by atoms with van der Waals surface area (Å²) in [7, 11) is 0. The van der Waals surface area contributed by atoms with E-state index in [1.54, 1.807) is 29.2 Å². The lowest BCUT2D eigenvalue weighted by molar-refractivity contribution is -0.384. The Morgan fingerprint density at radius 2 is 1.87 bits per heavy atom. The zero-order chi connectivity index (χ0) is 21.1. The smallest absolute Gasteiger partial charge is 0.269 e. The second-order valence-electron chi connectivity index (χ2n) is 6.80. The molecule has 1 heterocycles. The lowest BCUT2D eigenvalue weighted by Crippen LogP contribution is -2.36. The summed E-state index contributed by atoms with van der Waals surface area (Å²) in [6.45, 7) is 0.000199. The molecule has 1 fully saturated rings. The van der Waals surface area contributed by atoms with Crippen LogP contribution >= 0.6 is 11.6 Å². The van der Waals surface area contributed by atoms with Crippen molar-refractivity contribution in [2.45, 2.75) is 25.4 Å². The van der Waals surface area contributed by atoms with E-state index in [1.165, 1.54) is 24.3 Å². The first-order valence-corrected chi connectivity index (χ1v) is 9.62. The highest BCUT2D eigenvalue weighted by atomic mass is 35.5. The van der Waals surface area contributed by atoms with Gasteiger partial charge in [-0.25, -0.2) is 0 Å². The summed E-state index contributed by atoms with van der Waals surface area (Å²) in [6, 6.07) is 12.7. The number of ether oxygens (including phenoxy) is 1. The van der Waals surface area contributed by atoms with Gasteiger partial charge in [0.15, 0.2) is 6.61 Å². The number of nitrogens with zero attached hydrogens (tertiary/aromatic N) is 4. The van der Waals surface area contributed by atoms with Crippen molar-refractivity contribution in [3.63, 3.8) is 0 Å². The van der Waals surface area contributed by atoms with Gasteiger partial charge in [0.05, 0.1) is 11.5 Å². The van der Waals surface area contributed by atoms with Crippen molar-refractivity contribution < 1.29 is 18.9 Å². The van der Waals surface area contributed by atoms with Gasteiger partial charge in [-0.3, -0.25) is 14.9 Å². The Labute approximate surface area is 176 Å². The molecule has 0 saturated heterocycles. The molecule has 1 aliphatic carbocycles. The van der Waals surface area contributed by atoms with Crippen molar-refractivity contribution >= 4 is 23.2 Å². The van der Waals surface area contributed by atoms with Crippen LogP contribution in [0, 0.1) is 10.1 Å². The lowest BCUT2D eigenvalue weighted by atomic mass is 10.2. The summed E-state index contributed by atoms with van der Waals surface area (Å²) < 4.78 is 11.2. The molecule has 3 aromatic rings. The average molecular weight is 429 g/mol. The van der Waals surface area contributed by atoms with Crippen LogP contribution in [0.4, 0.5) is 5.69 Å². The van der Waals surface area contributed by atoms with Crippen LogP contribution in [0.5, 0.6) is 5.75 Å². The third kappa shape index (κ3) is 4.74. The fraction of sp³-hybridized carbons (Fsp3) is 0.250. The molecule has 1 aromatic heterocycles. The van der Waals surface area contributed by atoms with Crippen LogP contribution in [0.25, 0.3) is 11.5 Å². The first-order valence-electron chi connectivity index (χ1n) is 9.24. The van der Waals surface area contributed by atoms with E-state index in [1.807, 2.05) is 0 Å². The van der Waals surface area contributed by atoms with Crippen molar-refractivity contribution in [3.05, 3.63) is 69.6 Å². The Morgan fingerprint density at radius 3 is 2.50 bits per heavy atom. The van der Waals surface area contributed by atoms with Crippen LogP contribution in [0.2, 0.25) is 5.02 Å². The number of carbonyl (C=O) groups excluding carboxylic acids is 1. The molecule has 1 saturated carbocycles. The monoisotopic (exact) mass is 428 g/mol. The maximum absolute atomic E-state index is 12.7. The molecule has 0 unspecified atom stereocenters. The zero-order valence-electron chi connectivity index (χ0n) is 15.7. The second-order valence-corrected chi connectivity index (χ2v) is 7.24. The summed E-state index contributed by atoms with van der Waals surface area (Å²) >= 11 is 5.89. The van der Waals surface area contributed by atoms with Crippen LogP contribution in [0.1, 0.15) is 18.7 Å². The van der Waals surface area contributed by atoms with Gasteiger partial charge >= 0.3 is 0 Å². The van der Waals surface area contributed by atoms with Gasteiger partial charge in [-0.2, -0.15) is 0 Å². The quantitative estimate of drug-likeness (QED) is 0.395. The summed E-state index contributed by atoms with van der Waals surface area (Å²) in [5.74, 6) is 0.845. The molecular formula is C20H17ClN4O5. The number of nitro groups is 1. The van der Waals surface area contributed by atoms with Crippen molar-refractivity contribution in [3.8, 4) is 17.2 Å². The maximum atomic E-state index is 12.7. The summed E-state index contributed by atoms with van der Waals surface area (Å²) in [4.78, 5) is 24.6. The van der Waals surface area contributed by atoms with Gasteiger partial charge in [-0.05, 0) is 49.2 Å². The van der Waals surface area contributed by atoms with Gasteiger partial charge in [-0.1, -0.05) is 11.6 Å². The van der Waals surface area contributed by atoms with Crippen molar-refractivity contribution in [2.24, 2.45) is 0 Å². The van der Waals surface area contributed by atoms with Crippen LogP contribution in [-0.2, 0) is 11.3 Å². The first kappa shape index (κ1) is 19.8. The van der Waals surface area contributed by atoms with E-state index >= 15 is 0 Å². The van der Waals surface area contributed by atoms with Crippen molar-refractivity contribution in [1.82, 2.24) is 15.1 Å². The Hall–Kier alpha value is -3.46. The second kappa shape index (κ2) is 8.50. The third-order valence-electron chi connectivity index (χ3n) is 4.58. The third-order valence-corrected chi connectivity index (χ3v) is 4.83. The standard InChI is InChI=1S/C20H17ClN4O5/c21-14-3-1-13(2-4-14)20-23-22-18(30-20)11-24(15-5-6-15)19(26)12-29-17-9-7-16(8-10-17)25(27)28/h1-4,7-10,15H,5-6,11-12H2. The molecule has 2 aromatic carbocycles. The van der Waals surface area contributed by atoms with E-state index in [4.69, 9.17) is 20.8 Å². The molecule has 9 nitrogen and oxygen atoms in total. The number of carbonyl (C=O) groups is 1. The molecule has 154 valence electrons. The Balaban J connectivity index is 1.38. The Kier molecular flexibility index (Phi) is 5.62. The SMILES string of the molecule is O=C(COc1ccc([N+](=O)[O-])cc1)N(Cc1nnc(-c2ccc(Cl)cc2)o1)C1CC1. The normalized spacial score (nSPS) is 13.1. The van der Waals surface area contributed by atoms with Crippen molar-refractivity contribution in [2.75, 3.05) is 6.61 Å². The van der Waals surface area contributed by atoms with Gasteiger partial charge < -0.3 is 14.1 Å². The predicted octanol–water partition coefficient (Wildman–Crippen LogP) is 3.87. The number of benzene rings is 2. The van der Waals surface area contributed by atoms with Gasteiger partial charge in [0, 0.05) is 28.8 Å². The number of aromatic nitrogens is 2. The molecule has 0 atom stereocenters. The Bertz CT molecular complexity index is 1050. The summed E-state index contributed by atoms with van der Waals surface area (Å²) in [6.07, 6.45) is 1.81. The molecule has 10 heteroatoms. The van der Waals surface area contributed by atoms with Crippen LogP contribution in [0.15, 0.2) is 52.9 Å². The van der Waals surface area contributed by atoms with Crippen LogP contribution in [-0.4, -0.2) is 38.6 Å². The fourth-order valence-electron chi connectivity index (χ4n) is 2.87. The molecule has 4 rings (SSSR count). The number of hydrogen-bond acceptors (Lipinski definition) is 7. The molecule has 1 amide bonds. The van der Waals surface area contributed by atoms with Crippen LogP contribution < -0.4 is 4.74 Å². The van der Waals surface area contributed by atoms with Gasteiger partial charge in [0.2, 0.25) is 11.8 Å². The number of non-ortho nitro benzene ring substituents is 1. The minimum absolute atomic E-state index is 0.0406. The van der Waals surface area contributed by atoms with E-state index in [0.29, 0.717) is 22.6 Å². The number of nitro benzene ring substituents is 1. The fourth-order valence-corrected chi connectivity index (χ4v) is 3.00. The molecule has 0 N–H and O–H groups in total. The van der Waals surface area contributed by atoms with Gasteiger partial charge in [0.1, 0.15) is 5.75 Å². The largest absolute Gasteiger partial charge is 0.484 e. The molecule has 0 aliphatic heterocycles. The zero-order valence-corrected chi connectivity index (χ0v) is 16.5. The topological polar surface area (TPSA) is 112 Å². The molecule has 1 aliphatic rings. The van der Waals surface area contributed by atoms with Crippen LogP contribution in [0.3, 0.4) is 0 Å². The minimum Gasteiger partial charge on any atom is -0.484 e. The van der Waals surface area contributed by atoms with Gasteiger partial charge in [0.25, 0.3) is 11.6 Å². The Morgan fingerprint density at radius 1 is 1.17 bits per heavy atom. The molecular weight excluding hydrogens is 412 g/mol. The van der Waals surface area contributed by atoms with Gasteiger partial charge in [-0.15, -0.1) is 10.2 Å². The maximum Gasteiger partial charge on any atom is 0.269 e. The highest BCUT2D eigenvalue weighted by Crippen LogP contribution is 2.29. The van der Waals surface area contributed by atoms with E-state index in [2.05, 4.69) is 10.2 Å². The number of hydrogen-bond donors (Lipinski definition) is 0. The van der Waals surface area contributed by atoms with E-state index in [0.717, 1.165) is 18.4 Å². The van der Waals surface area contributed by atoms with Crippen molar-refractivity contribution in [1.29, 1.82) is 0 Å². The molecule has 0 radical (unpaired) electrons. The average Bonchev–Trinajstić information content (AvgIpc) is 3.48. The lowest BCUT2D eigenvalue weighted by Gasteiger charge is -2.20. The molecule has 30 heavy (non-hydrogen) atoms. The van der Waals surface area contributed by atoms with E-state index < -0.39 is 4.92 Å². The molecule has 0 bridgehead atoms. The summed E-state index contributed by atoms with van der Waals surface area (Å²) in [5, 5.41) is 19.4. The minimum atomic E-state index is -0.494. The van der Waals surface area contributed by atoms with E-state index in [-0.39, 0.29) is 30.8 Å². The molecule has 0 spiro atoms. The highest BCUT2D eigenvalue weighted by molar-refractivity contribution is 6.30. The summed E-state index contributed by atoms with van der Waals surface area (Å²) in [5.41, 5.74) is 0.699.